The second-order valence-corrected chi connectivity index (χ2v) is 4.57. The van der Waals surface area contributed by atoms with Gasteiger partial charge in [-0.15, -0.1) is 0 Å². The molecule has 0 radical (unpaired) electrons. The molecule has 0 aromatic heterocycles. The predicted octanol–water partition coefficient (Wildman–Crippen LogP) is 1.10. The fraction of sp³-hybridized carbons (Fsp3) is 0.462. The van der Waals surface area contributed by atoms with Gasteiger partial charge in [0.15, 0.2) is 0 Å². The first-order chi connectivity index (χ1) is 8.18. The lowest BCUT2D eigenvalue weighted by molar-refractivity contribution is 0.0619. The first kappa shape index (κ1) is 12.1. The van der Waals surface area contributed by atoms with Crippen molar-refractivity contribution in [3.8, 4) is 0 Å². The van der Waals surface area contributed by atoms with Crippen molar-refractivity contribution in [2.75, 3.05) is 20.1 Å². The molecule has 1 aliphatic heterocycles. The zero-order valence-electron chi connectivity index (χ0n) is 10.2. The zero-order chi connectivity index (χ0) is 12.3. The molecule has 1 saturated heterocycles. The largest absolute Gasteiger partial charge is 0.337 e. The van der Waals surface area contributed by atoms with Crippen molar-refractivity contribution >= 4 is 5.91 Å². The molecule has 4 heteroatoms. The van der Waals surface area contributed by atoms with Crippen LogP contribution in [0.5, 0.6) is 0 Å². The zero-order valence-corrected chi connectivity index (χ0v) is 10.2. The molecule has 92 valence electrons. The summed E-state index contributed by atoms with van der Waals surface area (Å²) in [6.45, 7) is 1.68. The predicted molar refractivity (Wildman–Crippen MR) is 67.3 cm³/mol. The minimum absolute atomic E-state index is 0.0749. The van der Waals surface area contributed by atoms with Crippen LogP contribution in [0.15, 0.2) is 30.3 Å². The molecule has 1 amide bonds. The van der Waals surface area contributed by atoms with Crippen LogP contribution in [0.25, 0.3) is 0 Å². The fourth-order valence-corrected chi connectivity index (χ4v) is 2.25. The normalized spacial score (nSPS) is 21.2. The number of piperidine rings is 1. The van der Waals surface area contributed by atoms with Crippen LogP contribution in [0, 0.1) is 0 Å². The van der Waals surface area contributed by atoms with Crippen molar-refractivity contribution in [2.24, 2.45) is 5.84 Å². The quantitative estimate of drug-likeness (QED) is 0.778. The van der Waals surface area contributed by atoms with Gasteiger partial charge in [0.2, 0.25) is 0 Å². The molecule has 0 unspecified atom stereocenters. The van der Waals surface area contributed by atoms with E-state index in [0.29, 0.717) is 0 Å². The number of carbonyl (C=O) groups is 1. The maximum Gasteiger partial charge on any atom is 0.253 e. The van der Waals surface area contributed by atoms with E-state index in [1.165, 1.54) is 0 Å². The first-order valence-corrected chi connectivity index (χ1v) is 6.00. The Morgan fingerprint density at radius 3 is 2.76 bits per heavy atom. The molecule has 0 aliphatic carbocycles. The van der Waals surface area contributed by atoms with Crippen LogP contribution in [0.4, 0.5) is 0 Å². The molecule has 4 nitrogen and oxygen atoms in total. The van der Waals surface area contributed by atoms with Crippen LogP contribution in [0.1, 0.15) is 23.2 Å². The summed E-state index contributed by atoms with van der Waals surface area (Å²) >= 11 is 0. The molecular weight excluding hydrogens is 214 g/mol. The standard InChI is InChI=1S/C13H19N3O/c1-15(12-8-5-9-16(14)10-12)13(17)11-6-3-2-4-7-11/h2-4,6-7,12H,5,8-10,14H2,1H3/t12-/m1/s1. The summed E-state index contributed by atoms with van der Waals surface area (Å²) < 4.78 is 0. The number of rotatable bonds is 2. The molecule has 2 N–H and O–H groups in total. The minimum Gasteiger partial charge on any atom is -0.337 e. The summed E-state index contributed by atoms with van der Waals surface area (Å²) in [5, 5.41) is 1.79. The maximum atomic E-state index is 12.2. The van der Waals surface area contributed by atoms with Gasteiger partial charge < -0.3 is 4.90 Å². The monoisotopic (exact) mass is 233 g/mol. The van der Waals surface area contributed by atoms with E-state index in [9.17, 15) is 4.79 Å². The van der Waals surface area contributed by atoms with E-state index in [2.05, 4.69) is 0 Å². The second-order valence-electron chi connectivity index (χ2n) is 4.57. The lowest BCUT2D eigenvalue weighted by Crippen LogP contribution is -2.50. The molecule has 2 rings (SSSR count). The van der Waals surface area contributed by atoms with Gasteiger partial charge in [-0.25, -0.2) is 5.01 Å². The van der Waals surface area contributed by atoms with Gasteiger partial charge in [0, 0.05) is 31.7 Å². The third kappa shape index (κ3) is 2.84. The highest BCUT2D eigenvalue weighted by atomic mass is 16.2. The van der Waals surface area contributed by atoms with Gasteiger partial charge >= 0.3 is 0 Å². The SMILES string of the molecule is CN(C(=O)c1ccccc1)[C@@H]1CCCN(N)C1. The van der Waals surface area contributed by atoms with Crippen molar-refractivity contribution in [1.82, 2.24) is 9.91 Å². The third-order valence-electron chi connectivity index (χ3n) is 3.32. The van der Waals surface area contributed by atoms with Crippen LogP contribution < -0.4 is 5.84 Å². The minimum atomic E-state index is 0.0749. The number of benzene rings is 1. The Balaban J connectivity index is 2.04. The molecule has 0 bridgehead atoms. The lowest BCUT2D eigenvalue weighted by Gasteiger charge is -2.35. The van der Waals surface area contributed by atoms with E-state index in [-0.39, 0.29) is 11.9 Å². The maximum absolute atomic E-state index is 12.2. The highest BCUT2D eigenvalue weighted by Crippen LogP contribution is 2.15. The van der Waals surface area contributed by atoms with Crippen molar-refractivity contribution in [2.45, 2.75) is 18.9 Å². The average Bonchev–Trinajstić information content (AvgIpc) is 2.38. The molecule has 1 heterocycles. The van der Waals surface area contributed by atoms with Crippen LogP contribution in [-0.4, -0.2) is 42.0 Å². The molecule has 1 atom stereocenters. The molecule has 1 aromatic rings. The molecule has 1 aliphatic rings. The molecular formula is C13H19N3O. The number of nitrogens with two attached hydrogens (primary N) is 1. The number of amides is 1. The van der Waals surface area contributed by atoms with Crippen molar-refractivity contribution < 1.29 is 4.79 Å². The smallest absolute Gasteiger partial charge is 0.253 e. The highest BCUT2D eigenvalue weighted by Gasteiger charge is 2.25. The van der Waals surface area contributed by atoms with E-state index in [1.807, 2.05) is 42.3 Å². The molecule has 1 aromatic carbocycles. The molecule has 1 fully saturated rings. The van der Waals surface area contributed by atoms with Crippen molar-refractivity contribution in [1.29, 1.82) is 0 Å². The van der Waals surface area contributed by atoms with Crippen LogP contribution in [0.3, 0.4) is 0 Å². The number of likely N-dealkylation sites (N-methyl/N-ethyl adjacent to an activating group) is 1. The summed E-state index contributed by atoms with van der Waals surface area (Å²) in [6, 6.07) is 9.61. The number of hydrogen-bond acceptors (Lipinski definition) is 3. The number of nitrogens with zero attached hydrogens (tertiary/aromatic N) is 2. The van der Waals surface area contributed by atoms with E-state index >= 15 is 0 Å². The second kappa shape index (κ2) is 5.29. The molecule has 0 saturated carbocycles. The van der Waals surface area contributed by atoms with Gasteiger partial charge in [0.25, 0.3) is 5.91 Å². The Hall–Kier alpha value is -1.39. The van der Waals surface area contributed by atoms with Gasteiger partial charge in [-0.3, -0.25) is 10.6 Å². The van der Waals surface area contributed by atoms with Crippen molar-refractivity contribution in [3.63, 3.8) is 0 Å². The van der Waals surface area contributed by atoms with Crippen molar-refractivity contribution in [3.05, 3.63) is 35.9 Å². The number of carbonyl (C=O) groups excluding carboxylic acids is 1. The first-order valence-electron chi connectivity index (χ1n) is 6.00. The van der Waals surface area contributed by atoms with Crippen LogP contribution >= 0.6 is 0 Å². The molecule has 0 spiro atoms. The van der Waals surface area contributed by atoms with Gasteiger partial charge in [-0.05, 0) is 25.0 Å². The summed E-state index contributed by atoms with van der Waals surface area (Å²) in [4.78, 5) is 14.0. The summed E-state index contributed by atoms with van der Waals surface area (Å²) in [5.41, 5.74) is 0.740. The summed E-state index contributed by atoms with van der Waals surface area (Å²) in [6.07, 6.45) is 2.08. The Morgan fingerprint density at radius 1 is 1.41 bits per heavy atom. The van der Waals surface area contributed by atoms with E-state index < -0.39 is 0 Å². The Labute approximate surface area is 102 Å². The van der Waals surface area contributed by atoms with Gasteiger partial charge in [0.05, 0.1) is 0 Å². The third-order valence-corrected chi connectivity index (χ3v) is 3.32. The van der Waals surface area contributed by atoms with E-state index in [0.717, 1.165) is 31.5 Å². The fourth-order valence-electron chi connectivity index (χ4n) is 2.25. The molecule has 17 heavy (non-hydrogen) atoms. The van der Waals surface area contributed by atoms with Crippen LogP contribution in [0.2, 0.25) is 0 Å². The van der Waals surface area contributed by atoms with Crippen LogP contribution in [-0.2, 0) is 0 Å². The number of hydrogen-bond donors (Lipinski definition) is 1. The van der Waals surface area contributed by atoms with Gasteiger partial charge in [0.1, 0.15) is 0 Å². The highest BCUT2D eigenvalue weighted by molar-refractivity contribution is 5.94. The summed E-state index contributed by atoms with van der Waals surface area (Å²) in [7, 11) is 1.86. The van der Waals surface area contributed by atoms with E-state index in [4.69, 9.17) is 5.84 Å². The Morgan fingerprint density at radius 2 is 2.12 bits per heavy atom. The van der Waals surface area contributed by atoms with E-state index in [1.54, 1.807) is 5.01 Å². The Bertz CT molecular complexity index is 380. The topological polar surface area (TPSA) is 49.6 Å². The summed E-state index contributed by atoms with van der Waals surface area (Å²) in [5.74, 6) is 5.87. The van der Waals surface area contributed by atoms with Gasteiger partial charge in [-0.1, -0.05) is 18.2 Å². The van der Waals surface area contributed by atoms with Gasteiger partial charge in [-0.2, -0.15) is 0 Å². The average molecular weight is 233 g/mol. The Kier molecular flexibility index (Phi) is 3.76. The number of hydrazine groups is 1. The lowest BCUT2D eigenvalue weighted by atomic mass is 10.0.